The van der Waals surface area contributed by atoms with E-state index >= 15 is 0 Å². The minimum Gasteiger partial charge on any atom is -0.488 e. The number of hydrogen-bond donors (Lipinski definition) is 0. The van der Waals surface area contributed by atoms with Gasteiger partial charge in [-0.3, -0.25) is 0 Å². The fraction of sp³-hybridized carbons (Fsp3) is 0.231. The molecule has 0 N–H and O–H groups in total. The highest BCUT2D eigenvalue weighted by atomic mass is 35.5. The zero-order chi connectivity index (χ0) is 11.5. The van der Waals surface area contributed by atoms with Gasteiger partial charge in [0.05, 0.1) is 4.34 Å². The van der Waals surface area contributed by atoms with Crippen molar-refractivity contribution < 1.29 is 4.74 Å². The molecule has 84 valence electrons. The number of halogens is 1. The van der Waals surface area contributed by atoms with Crippen molar-refractivity contribution in [3.05, 3.63) is 50.7 Å². The van der Waals surface area contributed by atoms with Crippen molar-refractivity contribution >= 4 is 22.9 Å². The van der Waals surface area contributed by atoms with Gasteiger partial charge in [0.15, 0.2) is 0 Å². The van der Waals surface area contributed by atoms with Crippen LogP contribution in [0.4, 0.5) is 0 Å². The molecule has 1 heterocycles. The Kier molecular flexibility index (Phi) is 3.52. The highest BCUT2D eigenvalue weighted by molar-refractivity contribution is 7.16. The highest BCUT2D eigenvalue weighted by Gasteiger charge is 2.03. The van der Waals surface area contributed by atoms with Crippen molar-refractivity contribution in [3.8, 4) is 5.75 Å². The molecule has 1 aromatic heterocycles. The second-order valence-corrected chi connectivity index (χ2v) is 5.49. The summed E-state index contributed by atoms with van der Waals surface area (Å²) in [4.78, 5) is 1.14. The predicted molar refractivity (Wildman–Crippen MR) is 69.6 cm³/mol. The van der Waals surface area contributed by atoms with Crippen LogP contribution in [0.3, 0.4) is 0 Å². The molecule has 2 aromatic rings. The molecule has 3 heteroatoms. The standard InChI is InChI=1S/C13H13ClOS/c1-9-4-3-5-12(10(9)2)15-8-11-6-7-13(14)16-11/h3-7H,8H2,1-2H3. The summed E-state index contributed by atoms with van der Waals surface area (Å²) in [6, 6.07) is 9.99. The van der Waals surface area contributed by atoms with Gasteiger partial charge in [-0.2, -0.15) is 0 Å². The maximum atomic E-state index is 5.86. The van der Waals surface area contributed by atoms with E-state index in [-0.39, 0.29) is 0 Å². The lowest BCUT2D eigenvalue weighted by molar-refractivity contribution is 0.307. The van der Waals surface area contributed by atoms with Gasteiger partial charge in [-0.15, -0.1) is 11.3 Å². The second-order valence-electron chi connectivity index (χ2n) is 3.69. The van der Waals surface area contributed by atoms with Gasteiger partial charge < -0.3 is 4.74 Å². The van der Waals surface area contributed by atoms with Gasteiger partial charge >= 0.3 is 0 Å². The van der Waals surface area contributed by atoms with Crippen LogP contribution in [0.1, 0.15) is 16.0 Å². The average molecular weight is 253 g/mol. The van der Waals surface area contributed by atoms with Crippen LogP contribution < -0.4 is 4.74 Å². The minimum atomic E-state index is 0.585. The van der Waals surface area contributed by atoms with E-state index in [1.165, 1.54) is 11.1 Å². The number of thiophene rings is 1. The molecular weight excluding hydrogens is 240 g/mol. The molecule has 0 aliphatic rings. The molecular formula is C13H13ClOS. The van der Waals surface area contributed by atoms with Crippen LogP contribution in [0.2, 0.25) is 4.34 Å². The number of benzene rings is 1. The summed E-state index contributed by atoms with van der Waals surface area (Å²) in [6.07, 6.45) is 0. The quantitative estimate of drug-likeness (QED) is 0.776. The summed E-state index contributed by atoms with van der Waals surface area (Å²) < 4.78 is 6.57. The van der Waals surface area contributed by atoms with Crippen LogP contribution in [0.15, 0.2) is 30.3 Å². The lowest BCUT2D eigenvalue weighted by Crippen LogP contribution is -1.95. The first kappa shape index (κ1) is 11.5. The largest absolute Gasteiger partial charge is 0.488 e. The van der Waals surface area contributed by atoms with Crippen molar-refractivity contribution in [1.82, 2.24) is 0 Å². The van der Waals surface area contributed by atoms with E-state index in [4.69, 9.17) is 16.3 Å². The van der Waals surface area contributed by atoms with Crippen molar-refractivity contribution in [2.45, 2.75) is 20.5 Å². The van der Waals surface area contributed by atoms with Crippen LogP contribution in [-0.4, -0.2) is 0 Å². The molecule has 0 radical (unpaired) electrons. The predicted octanol–water partition coefficient (Wildman–Crippen LogP) is 4.60. The van der Waals surface area contributed by atoms with Gasteiger partial charge in [-0.1, -0.05) is 23.7 Å². The highest BCUT2D eigenvalue weighted by Crippen LogP contribution is 2.25. The van der Waals surface area contributed by atoms with E-state index in [1.54, 1.807) is 11.3 Å². The Labute approximate surface area is 105 Å². The third-order valence-corrected chi connectivity index (χ3v) is 3.76. The van der Waals surface area contributed by atoms with Crippen molar-refractivity contribution in [3.63, 3.8) is 0 Å². The topological polar surface area (TPSA) is 9.23 Å². The molecule has 1 aromatic carbocycles. The van der Waals surface area contributed by atoms with E-state index in [2.05, 4.69) is 19.9 Å². The average Bonchev–Trinajstić information content (AvgIpc) is 2.67. The number of hydrogen-bond acceptors (Lipinski definition) is 2. The van der Waals surface area contributed by atoms with E-state index < -0.39 is 0 Å². The van der Waals surface area contributed by atoms with Crippen LogP contribution in [-0.2, 0) is 6.61 Å². The van der Waals surface area contributed by atoms with Gasteiger partial charge in [-0.25, -0.2) is 0 Å². The summed E-state index contributed by atoms with van der Waals surface area (Å²) in [5, 5.41) is 0. The lowest BCUT2D eigenvalue weighted by atomic mass is 10.1. The monoisotopic (exact) mass is 252 g/mol. The lowest BCUT2D eigenvalue weighted by Gasteiger charge is -2.09. The first-order valence-electron chi connectivity index (χ1n) is 5.10. The van der Waals surface area contributed by atoms with Crippen molar-refractivity contribution in [2.24, 2.45) is 0 Å². The number of aryl methyl sites for hydroxylation is 1. The minimum absolute atomic E-state index is 0.585. The Morgan fingerprint density at radius 2 is 2.00 bits per heavy atom. The SMILES string of the molecule is Cc1cccc(OCc2ccc(Cl)s2)c1C. The number of ether oxygens (including phenoxy) is 1. The number of rotatable bonds is 3. The molecule has 0 saturated carbocycles. The van der Waals surface area contributed by atoms with Crippen LogP contribution in [0, 0.1) is 13.8 Å². The molecule has 0 spiro atoms. The molecule has 0 fully saturated rings. The Balaban J connectivity index is 2.07. The van der Waals surface area contributed by atoms with Crippen LogP contribution in [0.25, 0.3) is 0 Å². The smallest absolute Gasteiger partial charge is 0.123 e. The van der Waals surface area contributed by atoms with Gasteiger partial charge in [0, 0.05) is 4.88 Å². The van der Waals surface area contributed by atoms with Crippen molar-refractivity contribution in [1.29, 1.82) is 0 Å². The van der Waals surface area contributed by atoms with Crippen molar-refractivity contribution in [2.75, 3.05) is 0 Å². The first-order valence-corrected chi connectivity index (χ1v) is 6.29. The zero-order valence-corrected chi connectivity index (χ0v) is 10.9. The Morgan fingerprint density at radius 3 is 2.69 bits per heavy atom. The summed E-state index contributed by atoms with van der Waals surface area (Å²) >= 11 is 7.42. The Bertz CT molecular complexity index is 490. The van der Waals surface area contributed by atoms with Crippen LogP contribution in [0.5, 0.6) is 5.75 Å². The van der Waals surface area contributed by atoms with E-state index in [1.807, 2.05) is 24.3 Å². The van der Waals surface area contributed by atoms with Gasteiger partial charge in [-0.05, 0) is 43.2 Å². The first-order chi connectivity index (χ1) is 7.66. The fourth-order valence-corrected chi connectivity index (χ4v) is 2.46. The van der Waals surface area contributed by atoms with E-state index in [0.29, 0.717) is 6.61 Å². The Hall–Kier alpha value is -0.990. The third-order valence-electron chi connectivity index (χ3n) is 2.55. The summed E-state index contributed by atoms with van der Waals surface area (Å²) in [5.74, 6) is 0.949. The van der Waals surface area contributed by atoms with Gasteiger partial charge in [0.25, 0.3) is 0 Å². The van der Waals surface area contributed by atoms with E-state index in [0.717, 1.165) is 15.0 Å². The molecule has 0 atom stereocenters. The third kappa shape index (κ3) is 2.57. The molecule has 0 aliphatic carbocycles. The molecule has 2 rings (SSSR count). The maximum absolute atomic E-state index is 5.86. The zero-order valence-electron chi connectivity index (χ0n) is 9.29. The van der Waals surface area contributed by atoms with E-state index in [9.17, 15) is 0 Å². The fourth-order valence-electron chi connectivity index (χ4n) is 1.46. The summed E-state index contributed by atoms with van der Waals surface area (Å²) in [6.45, 7) is 4.75. The molecule has 1 nitrogen and oxygen atoms in total. The Morgan fingerprint density at radius 1 is 1.19 bits per heavy atom. The molecule has 0 aliphatic heterocycles. The molecule has 0 bridgehead atoms. The maximum Gasteiger partial charge on any atom is 0.123 e. The second kappa shape index (κ2) is 4.89. The normalized spacial score (nSPS) is 10.4. The molecule has 0 amide bonds. The van der Waals surface area contributed by atoms with Crippen LogP contribution >= 0.6 is 22.9 Å². The molecule has 16 heavy (non-hydrogen) atoms. The van der Waals surface area contributed by atoms with Gasteiger partial charge in [0.2, 0.25) is 0 Å². The molecule has 0 saturated heterocycles. The molecule has 0 unspecified atom stereocenters. The van der Waals surface area contributed by atoms with Gasteiger partial charge in [0.1, 0.15) is 12.4 Å². The summed E-state index contributed by atoms with van der Waals surface area (Å²) in [7, 11) is 0. The summed E-state index contributed by atoms with van der Waals surface area (Å²) in [5.41, 5.74) is 2.45.